The van der Waals surface area contributed by atoms with Crippen molar-refractivity contribution in [1.29, 1.82) is 0 Å². The van der Waals surface area contributed by atoms with E-state index in [1.54, 1.807) is 17.5 Å². The summed E-state index contributed by atoms with van der Waals surface area (Å²) in [6.45, 7) is 2.86. The first-order valence-corrected chi connectivity index (χ1v) is 7.31. The molecule has 1 atom stereocenters. The number of benzene rings is 1. The normalized spacial score (nSPS) is 12.9. The topological polar surface area (TPSA) is 38.0 Å². The van der Waals surface area contributed by atoms with Gasteiger partial charge in [-0.05, 0) is 29.3 Å². The summed E-state index contributed by atoms with van der Waals surface area (Å²) in [7, 11) is 0. The van der Waals surface area contributed by atoms with E-state index in [1.165, 1.54) is 15.6 Å². The Balaban J connectivity index is 1.84. The SMILES string of the molecule is CCn1cc(C(O)Cc2csc3ccccc23)cn1. The number of hydrogen-bond acceptors (Lipinski definition) is 3. The molecule has 0 amide bonds. The van der Waals surface area contributed by atoms with Gasteiger partial charge in [-0.15, -0.1) is 11.3 Å². The van der Waals surface area contributed by atoms with Gasteiger partial charge in [-0.2, -0.15) is 5.10 Å². The molecule has 0 aliphatic rings. The largest absolute Gasteiger partial charge is 0.388 e. The molecule has 0 fully saturated rings. The van der Waals surface area contributed by atoms with E-state index in [-0.39, 0.29) is 0 Å². The third kappa shape index (κ3) is 2.41. The van der Waals surface area contributed by atoms with Crippen molar-refractivity contribution < 1.29 is 5.11 Å². The quantitative estimate of drug-likeness (QED) is 0.790. The lowest BCUT2D eigenvalue weighted by Gasteiger charge is -2.07. The predicted molar refractivity (Wildman–Crippen MR) is 78.4 cm³/mol. The highest BCUT2D eigenvalue weighted by Crippen LogP contribution is 2.29. The van der Waals surface area contributed by atoms with Crippen LogP contribution in [0, 0.1) is 0 Å². The average molecular weight is 272 g/mol. The van der Waals surface area contributed by atoms with Crippen LogP contribution in [0.5, 0.6) is 0 Å². The van der Waals surface area contributed by atoms with Crippen molar-refractivity contribution >= 4 is 21.4 Å². The first kappa shape index (κ1) is 12.4. The molecule has 1 aromatic carbocycles. The fraction of sp³-hybridized carbons (Fsp3) is 0.267. The van der Waals surface area contributed by atoms with E-state index in [1.807, 2.05) is 29.9 Å². The van der Waals surface area contributed by atoms with Crippen LogP contribution in [-0.2, 0) is 13.0 Å². The maximum atomic E-state index is 10.3. The van der Waals surface area contributed by atoms with Gasteiger partial charge in [0.15, 0.2) is 0 Å². The van der Waals surface area contributed by atoms with Gasteiger partial charge in [0, 0.05) is 29.4 Å². The molecule has 3 nitrogen and oxygen atoms in total. The molecule has 0 saturated heterocycles. The van der Waals surface area contributed by atoms with Crippen LogP contribution in [0.25, 0.3) is 10.1 Å². The Morgan fingerprint density at radius 1 is 1.37 bits per heavy atom. The molecule has 4 heteroatoms. The Hall–Kier alpha value is -1.65. The van der Waals surface area contributed by atoms with Crippen LogP contribution in [0.1, 0.15) is 24.2 Å². The molecule has 0 radical (unpaired) electrons. The molecule has 0 aliphatic heterocycles. The number of aromatic nitrogens is 2. The zero-order valence-corrected chi connectivity index (χ0v) is 11.6. The summed E-state index contributed by atoms with van der Waals surface area (Å²) in [5.41, 5.74) is 2.09. The summed E-state index contributed by atoms with van der Waals surface area (Å²) in [6, 6.07) is 8.32. The summed E-state index contributed by atoms with van der Waals surface area (Å²) < 4.78 is 3.11. The highest BCUT2D eigenvalue weighted by molar-refractivity contribution is 7.17. The second-order valence-electron chi connectivity index (χ2n) is 4.61. The molecule has 3 rings (SSSR count). The number of aliphatic hydroxyl groups is 1. The molecule has 0 saturated carbocycles. The standard InChI is InChI=1S/C15H16N2OS/c1-2-17-9-12(8-16-17)14(18)7-11-10-19-15-6-4-3-5-13(11)15/h3-6,8-10,14,18H,2,7H2,1H3. The van der Waals surface area contributed by atoms with Gasteiger partial charge in [0.25, 0.3) is 0 Å². The second kappa shape index (κ2) is 5.15. The first-order chi connectivity index (χ1) is 9.28. The maximum absolute atomic E-state index is 10.3. The summed E-state index contributed by atoms with van der Waals surface area (Å²) in [5.74, 6) is 0. The second-order valence-corrected chi connectivity index (χ2v) is 5.52. The van der Waals surface area contributed by atoms with Gasteiger partial charge in [0.2, 0.25) is 0 Å². The number of aliphatic hydroxyl groups excluding tert-OH is 1. The summed E-state index contributed by atoms with van der Waals surface area (Å²) in [5, 5.41) is 17.9. The Bertz CT molecular complexity index is 686. The summed E-state index contributed by atoms with van der Waals surface area (Å²) >= 11 is 1.73. The number of rotatable bonds is 4. The van der Waals surface area contributed by atoms with Gasteiger partial charge >= 0.3 is 0 Å². The maximum Gasteiger partial charge on any atom is 0.0861 e. The van der Waals surface area contributed by atoms with Crippen molar-refractivity contribution in [3.05, 3.63) is 53.2 Å². The molecule has 19 heavy (non-hydrogen) atoms. The Labute approximate surface area is 116 Å². The molecular formula is C15H16N2OS. The number of fused-ring (bicyclic) bond motifs is 1. The smallest absolute Gasteiger partial charge is 0.0861 e. The molecule has 0 aliphatic carbocycles. The van der Waals surface area contributed by atoms with Gasteiger partial charge in [-0.1, -0.05) is 18.2 Å². The third-order valence-corrected chi connectivity index (χ3v) is 4.35. The highest BCUT2D eigenvalue weighted by atomic mass is 32.1. The van der Waals surface area contributed by atoms with Crippen LogP contribution in [0.2, 0.25) is 0 Å². The molecule has 0 bridgehead atoms. The Morgan fingerprint density at radius 2 is 2.21 bits per heavy atom. The summed E-state index contributed by atoms with van der Waals surface area (Å²) in [4.78, 5) is 0. The Morgan fingerprint density at radius 3 is 3.00 bits per heavy atom. The molecule has 98 valence electrons. The zero-order valence-electron chi connectivity index (χ0n) is 10.8. The van der Waals surface area contributed by atoms with Crippen molar-refractivity contribution in [3.63, 3.8) is 0 Å². The third-order valence-electron chi connectivity index (χ3n) is 3.34. The minimum atomic E-state index is -0.488. The van der Waals surface area contributed by atoms with Crippen molar-refractivity contribution in [1.82, 2.24) is 9.78 Å². The molecule has 2 heterocycles. The van der Waals surface area contributed by atoms with Gasteiger partial charge in [-0.25, -0.2) is 0 Å². The average Bonchev–Trinajstić information content (AvgIpc) is 3.06. The molecule has 2 aromatic heterocycles. The molecule has 1 N–H and O–H groups in total. The monoisotopic (exact) mass is 272 g/mol. The fourth-order valence-electron chi connectivity index (χ4n) is 2.24. The first-order valence-electron chi connectivity index (χ1n) is 6.43. The minimum absolute atomic E-state index is 0.488. The molecule has 0 spiro atoms. The minimum Gasteiger partial charge on any atom is -0.388 e. The van der Waals surface area contributed by atoms with E-state index in [9.17, 15) is 5.11 Å². The Kier molecular flexibility index (Phi) is 3.36. The van der Waals surface area contributed by atoms with E-state index in [2.05, 4.69) is 22.6 Å². The molecule has 1 unspecified atom stereocenters. The van der Waals surface area contributed by atoms with Crippen molar-refractivity contribution in [2.75, 3.05) is 0 Å². The van der Waals surface area contributed by atoms with Crippen LogP contribution in [0.3, 0.4) is 0 Å². The van der Waals surface area contributed by atoms with E-state index < -0.39 is 6.10 Å². The lowest BCUT2D eigenvalue weighted by Crippen LogP contribution is -2.00. The van der Waals surface area contributed by atoms with Crippen LogP contribution >= 0.6 is 11.3 Å². The fourth-order valence-corrected chi connectivity index (χ4v) is 3.22. The van der Waals surface area contributed by atoms with Gasteiger partial charge in [0.1, 0.15) is 0 Å². The van der Waals surface area contributed by atoms with Crippen molar-refractivity contribution in [3.8, 4) is 0 Å². The van der Waals surface area contributed by atoms with E-state index in [4.69, 9.17) is 0 Å². The van der Waals surface area contributed by atoms with Gasteiger partial charge in [-0.3, -0.25) is 4.68 Å². The van der Waals surface area contributed by atoms with Crippen molar-refractivity contribution in [2.24, 2.45) is 0 Å². The molecule has 3 aromatic rings. The number of thiophene rings is 1. The lowest BCUT2D eigenvalue weighted by molar-refractivity contribution is 0.179. The zero-order chi connectivity index (χ0) is 13.2. The van der Waals surface area contributed by atoms with Crippen LogP contribution in [-0.4, -0.2) is 14.9 Å². The van der Waals surface area contributed by atoms with Crippen molar-refractivity contribution in [2.45, 2.75) is 26.0 Å². The number of aryl methyl sites for hydroxylation is 1. The van der Waals surface area contributed by atoms with Crippen LogP contribution in [0.4, 0.5) is 0 Å². The van der Waals surface area contributed by atoms with E-state index in [0.29, 0.717) is 6.42 Å². The number of nitrogens with zero attached hydrogens (tertiary/aromatic N) is 2. The predicted octanol–water partition coefficient (Wildman–Crippen LogP) is 3.39. The molecular weight excluding hydrogens is 256 g/mol. The summed E-state index contributed by atoms with van der Waals surface area (Å²) in [6.07, 6.45) is 3.82. The van der Waals surface area contributed by atoms with E-state index >= 15 is 0 Å². The van der Waals surface area contributed by atoms with E-state index in [0.717, 1.165) is 12.1 Å². The van der Waals surface area contributed by atoms with Crippen LogP contribution < -0.4 is 0 Å². The van der Waals surface area contributed by atoms with Gasteiger partial charge < -0.3 is 5.11 Å². The van der Waals surface area contributed by atoms with Gasteiger partial charge in [0.05, 0.1) is 12.3 Å². The highest BCUT2D eigenvalue weighted by Gasteiger charge is 2.13. The lowest BCUT2D eigenvalue weighted by atomic mass is 10.0. The number of hydrogen-bond donors (Lipinski definition) is 1. The van der Waals surface area contributed by atoms with Crippen LogP contribution in [0.15, 0.2) is 42.0 Å².